The molecule has 1 rings (SSSR count). The number of carbonyl (C=O) groups excluding carboxylic acids is 1. The first-order valence-electron chi connectivity index (χ1n) is 4.59. The Kier molecular flexibility index (Phi) is 3.84. The number of nitriles is 1. The SMILES string of the molecule is CCOC(=O)c1ccc(OC)c(C#N)c1F. The molecule has 4 nitrogen and oxygen atoms in total. The highest BCUT2D eigenvalue weighted by molar-refractivity contribution is 5.90. The van der Waals surface area contributed by atoms with Gasteiger partial charge in [0, 0.05) is 0 Å². The highest BCUT2D eigenvalue weighted by atomic mass is 19.1. The summed E-state index contributed by atoms with van der Waals surface area (Å²) in [6.45, 7) is 1.76. The van der Waals surface area contributed by atoms with Crippen molar-refractivity contribution in [3.8, 4) is 11.8 Å². The molecule has 0 amide bonds. The van der Waals surface area contributed by atoms with Crippen LogP contribution in [0.3, 0.4) is 0 Å². The van der Waals surface area contributed by atoms with Crippen molar-refractivity contribution in [2.75, 3.05) is 13.7 Å². The Labute approximate surface area is 92.2 Å². The molecule has 0 aromatic heterocycles. The molecule has 5 heteroatoms. The molecule has 1 aromatic carbocycles. The molecule has 0 radical (unpaired) electrons. The Hall–Kier alpha value is -2.09. The lowest BCUT2D eigenvalue weighted by Crippen LogP contribution is -2.09. The van der Waals surface area contributed by atoms with Crippen molar-refractivity contribution < 1.29 is 18.7 Å². The third kappa shape index (κ3) is 2.11. The number of carbonyl (C=O) groups is 1. The number of methoxy groups -OCH3 is 1. The van der Waals surface area contributed by atoms with E-state index >= 15 is 0 Å². The van der Waals surface area contributed by atoms with Crippen molar-refractivity contribution in [2.24, 2.45) is 0 Å². The van der Waals surface area contributed by atoms with Crippen LogP contribution in [0.2, 0.25) is 0 Å². The van der Waals surface area contributed by atoms with Gasteiger partial charge in [-0.3, -0.25) is 0 Å². The summed E-state index contributed by atoms with van der Waals surface area (Å²) >= 11 is 0. The molecule has 0 aliphatic carbocycles. The second kappa shape index (κ2) is 5.12. The maximum atomic E-state index is 13.7. The van der Waals surface area contributed by atoms with Crippen LogP contribution < -0.4 is 4.74 Å². The second-order valence-electron chi connectivity index (χ2n) is 2.84. The molecule has 0 heterocycles. The third-order valence-electron chi connectivity index (χ3n) is 1.93. The van der Waals surface area contributed by atoms with Gasteiger partial charge in [0.2, 0.25) is 0 Å². The summed E-state index contributed by atoms with van der Waals surface area (Å²) in [5, 5.41) is 8.74. The minimum absolute atomic E-state index is 0.0908. The number of hydrogen-bond donors (Lipinski definition) is 0. The van der Waals surface area contributed by atoms with Gasteiger partial charge in [0.05, 0.1) is 19.3 Å². The standard InChI is InChI=1S/C11H10FNO3/c1-3-16-11(14)7-4-5-9(15-2)8(6-13)10(7)12/h4-5H,3H2,1-2H3. The minimum atomic E-state index is -0.916. The van der Waals surface area contributed by atoms with E-state index in [1.807, 2.05) is 0 Å². The fourth-order valence-electron chi connectivity index (χ4n) is 1.20. The van der Waals surface area contributed by atoms with Crippen LogP contribution in [0.5, 0.6) is 5.75 Å². The van der Waals surface area contributed by atoms with Crippen LogP contribution in [0.25, 0.3) is 0 Å². The van der Waals surface area contributed by atoms with E-state index in [-0.39, 0.29) is 23.5 Å². The zero-order valence-electron chi connectivity index (χ0n) is 8.91. The fourth-order valence-corrected chi connectivity index (χ4v) is 1.20. The van der Waals surface area contributed by atoms with Gasteiger partial charge in [0.25, 0.3) is 0 Å². The smallest absolute Gasteiger partial charge is 0.341 e. The molecule has 1 aromatic rings. The normalized spacial score (nSPS) is 9.38. The lowest BCUT2D eigenvalue weighted by atomic mass is 10.1. The zero-order chi connectivity index (χ0) is 12.1. The molecule has 0 N–H and O–H groups in total. The molecule has 16 heavy (non-hydrogen) atoms. The predicted octanol–water partition coefficient (Wildman–Crippen LogP) is 1.88. The van der Waals surface area contributed by atoms with Gasteiger partial charge in [-0.15, -0.1) is 0 Å². The largest absolute Gasteiger partial charge is 0.495 e. The summed E-state index contributed by atoms with van der Waals surface area (Å²) in [5.41, 5.74) is -0.563. The second-order valence-corrected chi connectivity index (χ2v) is 2.84. The molecule has 84 valence electrons. The Morgan fingerprint density at radius 3 is 2.75 bits per heavy atom. The highest BCUT2D eigenvalue weighted by Gasteiger charge is 2.19. The van der Waals surface area contributed by atoms with Crippen LogP contribution in [0.1, 0.15) is 22.8 Å². The van der Waals surface area contributed by atoms with Crippen LogP contribution >= 0.6 is 0 Å². The molecule has 0 aliphatic rings. The van der Waals surface area contributed by atoms with Crippen LogP contribution in [-0.4, -0.2) is 19.7 Å². The average Bonchev–Trinajstić information content (AvgIpc) is 2.28. The van der Waals surface area contributed by atoms with Gasteiger partial charge in [0.15, 0.2) is 5.82 Å². The lowest BCUT2D eigenvalue weighted by Gasteiger charge is -2.07. The van der Waals surface area contributed by atoms with Crippen molar-refractivity contribution in [2.45, 2.75) is 6.92 Å². The Bertz CT molecular complexity index is 451. The number of hydrogen-bond acceptors (Lipinski definition) is 4. The van der Waals surface area contributed by atoms with Crippen LogP contribution in [0.15, 0.2) is 12.1 Å². The highest BCUT2D eigenvalue weighted by Crippen LogP contribution is 2.23. The van der Waals surface area contributed by atoms with Crippen LogP contribution in [-0.2, 0) is 4.74 Å². The van der Waals surface area contributed by atoms with Gasteiger partial charge in [-0.05, 0) is 19.1 Å². The van der Waals surface area contributed by atoms with Crippen molar-refractivity contribution in [1.29, 1.82) is 5.26 Å². The summed E-state index contributed by atoms with van der Waals surface area (Å²) < 4.78 is 23.1. The number of esters is 1. The molecule has 0 bridgehead atoms. The maximum absolute atomic E-state index is 13.7. The van der Waals surface area contributed by atoms with Gasteiger partial charge >= 0.3 is 5.97 Å². The maximum Gasteiger partial charge on any atom is 0.341 e. The van der Waals surface area contributed by atoms with Crippen molar-refractivity contribution in [3.63, 3.8) is 0 Å². The summed E-state index contributed by atoms with van der Waals surface area (Å²) in [4.78, 5) is 11.3. The Morgan fingerprint density at radius 1 is 1.56 bits per heavy atom. The van der Waals surface area contributed by atoms with Gasteiger partial charge < -0.3 is 9.47 Å². The summed E-state index contributed by atoms with van der Waals surface area (Å²) in [5.74, 6) is -1.62. The molecule has 0 atom stereocenters. The first-order valence-corrected chi connectivity index (χ1v) is 4.59. The van der Waals surface area contributed by atoms with E-state index in [1.54, 1.807) is 13.0 Å². The molecule has 0 spiro atoms. The molecule has 0 saturated heterocycles. The van der Waals surface area contributed by atoms with E-state index in [0.29, 0.717) is 0 Å². The average molecular weight is 223 g/mol. The van der Waals surface area contributed by atoms with Gasteiger partial charge in [-0.25, -0.2) is 9.18 Å². The van der Waals surface area contributed by atoms with Crippen LogP contribution in [0.4, 0.5) is 4.39 Å². The van der Waals surface area contributed by atoms with Crippen molar-refractivity contribution in [3.05, 3.63) is 29.1 Å². The summed E-state index contributed by atoms with van der Waals surface area (Å²) in [6.07, 6.45) is 0. The first kappa shape index (κ1) is 12.0. The van der Waals surface area contributed by atoms with Crippen molar-refractivity contribution >= 4 is 5.97 Å². The fraction of sp³-hybridized carbons (Fsp3) is 0.273. The van der Waals surface area contributed by atoms with Gasteiger partial charge in [0.1, 0.15) is 17.4 Å². The molecule has 0 saturated carbocycles. The van der Waals surface area contributed by atoms with Gasteiger partial charge in [-0.1, -0.05) is 0 Å². The molecule has 0 fully saturated rings. The van der Waals surface area contributed by atoms with Crippen molar-refractivity contribution in [1.82, 2.24) is 0 Å². The van der Waals surface area contributed by atoms with E-state index in [4.69, 9.17) is 10.00 Å². The van der Waals surface area contributed by atoms with E-state index in [1.165, 1.54) is 19.2 Å². The van der Waals surface area contributed by atoms with E-state index in [9.17, 15) is 9.18 Å². The summed E-state index contributed by atoms with van der Waals surface area (Å²) in [7, 11) is 1.32. The quantitative estimate of drug-likeness (QED) is 0.734. The summed E-state index contributed by atoms with van der Waals surface area (Å²) in [6, 6.07) is 4.23. The third-order valence-corrected chi connectivity index (χ3v) is 1.93. The molecular formula is C11H10FNO3. The lowest BCUT2D eigenvalue weighted by molar-refractivity contribution is 0.0521. The molecule has 0 unspecified atom stereocenters. The molecule has 0 aliphatic heterocycles. The number of ether oxygens (including phenoxy) is 2. The number of benzene rings is 1. The zero-order valence-corrected chi connectivity index (χ0v) is 8.91. The van der Waals surface area contributed by atoms with Crippen LogP contribution in [0, 0.1) is 17.1 Å². The number of rotatable bonds is 3. The number of halogens is 1. The van der Waals surface area contributed by atoms with E-state index in [0.717, 1.165) is 0 Å². The molecular weight excluding hydrogens is 213 g/mol. The van der Waals surface area contributed by atoms with E-state index < -0.39 is 11.8 Å². The van der Waals surface area contributed by atoms with Gasteiger partial charge in [-0.2, -0.15) is 5.26 Å². The minimum Gasteiger partial charge on any atom is -0.495 e. The Balaban J connectivity index is 3.25. The predicted molar refractivity (Wildman–Crippen MR) is 53.6 cm³/mol. The monoisotopic (exact) mass is 223 g/mol. The topological polar surface area (TPSA) is 59.3 Å². The Morgan fingerprint density at radius 2 is 2.25 bits per heavy atom. The van der Waals surface area contributed by atoms with E-state index in [2.05, 4.69) is 4.74 Å². The first-order chi connectivity index (χ1) is 7.65. The number of nitrogens with zero attached hydrogens (tertiary/aromatic N) is 1.